The first-order valence-corrected chi connectivity index (χ1v) is 15.5. The van der Waals surface area contributed by atoms with Crippen molar-refractivity contribution in [3.63, 3.8) is 0 Å². The average Bonchev–Trinajstić information content (AvgIpc) is 3.12. The Morgan fingerprint density at radius 2 is 1.72 bits per heavy atom. The number of thioether (sulfide) groups is 1. The fraction of sp³-hybridized carbons (Fsp3) is 0.333. The van der Waals surface area contributed by atoms with Crippen LogP contribution in [0, 0.1) is 5.41 Å². The molecule has 0 atom stereocenters. The summed E-state index contributed by atoms with van der Waals surface area (Å²) in [4.78, 5) is 27.1. The summed E-state index contributed by atoms with van der Waals surface area (Å²) < 4.78 is 39.2. The van der Waals surface area contributed by atoms with Crippen LogP contribution in [0.5, 0.6) is 0 Å². The normalized spacial score (nSPS) is 19.1. The van der Waals surface area contributed by atoms with Crippen LogP contribution in [0.25, 0.3) is 6.08 Å². The molecule has 2 fully saturated rings. The van der Waals surface area contributed by atoms with Crippen LogP contribution in [0.15, 0.2) is 58.3 Å². The number of nitrogens with one attached hydrogen (secondary N) is 1. The van der Waals surface area contributed by atoms with Crippen molar-refractivity contribution in [3.8, 4) is 0 Å². The number of carbonyl (C=O) groups is 2. The predicted molar refractivity (Wildman–Crippen MR) is 147 cm³/mol. The van der Waals surface area contributed by atoms with Crippen LogP contribution < -0.4 is 8.00 Å². The topological polar surface area (TPSA) is 124 Å². The van der Waals surface area contributed by atoms with E-state index in [9.17, 15) is 26.3 Å². The lowest BCUT2D eigenvalue weighted by Gasteiger charge is -2.35. The van der Waals surface area contributed by atoms with E-state index in [1.807, 2.05) is 0 Å². The van der Waals surface area contributed by atoms with Gasteiger partial charge < -0.3 is 0 Å². The summed E-state index contributed by atoms with van der Waals surface area (Å²) in [7, 11) is -3.89. The lowest BCUT2D eigenvalue weighted by Crippen LogP contribution is -2.39. The van der Waals surface area contributed by atoms with Gasteiger partial charge in [0, 0.05) is 12.2 Å². The molecule has 36 heavy (non-hydrogen) atoms. The molecule has 0 radical (unpaired) electrons. The number of hydrogen-bond donors (Lipinski definition) is 2. The number of halogens is 1. The molecular formula is C24H26IN3O6S2. The molecule has 1 heterocycles. The quantitative estimate of drug-likeness (QED) is 0.157. The molecule has 2 N–H and O–H groups in total. The third kappa shape index (κ3) is 6.15. The van der Waals surface area contributed by atoms with E-state index in [2.05, 4.69) is 11.6 Å². The zero-order chi connectivity index (χ0) is 25.9. The van der Waals surface area contributed by atoms with Crippen LogP contribution in [-0.4, -0.2) is 36.2 Å². The minimum atomic E-state index is -3.89. The van der Waals surface area contributed by atoms with Gasteiger partial charge in [0.15, 0.2) is 0 Å². The largest absolute Gasteiger partial charge is 0.300 e. The summed E-state index contributed by atoms with van der Waals surface area (Å²) in [6.07, 6.45) is 7.10. The highest BCUT2D eigenvalue weighted by molar-refractivity contribution is 14.1. The van der Waals surface area contributed by atoms with E-state index >= 15 is 0 Å². The van der Waals surface area contributed by atoms with Gasteiger partial charge in [-0.2, -0.15) is 3.28 Å². The van der Waals surface area contributed by atoms with Crippen molar-refractivity contribution < 1.29 is 26.3 Å². The second-order valence-electron chi connectivity index (χ2n) is 9.19. The maximum atomic E-state index is 12.9. The predicted octanol–water partition coefficient (Wildman–Crippen LogP) is 5.92. The van der Waals surface area contributed by atoms with Gasteiger partial charge >= 0.3 is 0 Å². The fourth-order valence-corrected chi connectivity index (χ4v) is 6.83. The maximum Gasteiger partial charge on any atom is 0.300 e. The molecule has 1 saturated carbocycles. The lowest BCUT2D eigenvalue weighted by molar-refractivity contribution is -0.124. The zero-order valence-corrected chi connectivity index (χ0v) is 23.3. The lowest BCUT2D eigenvalue weighted by atomic mass is 9.75. The summed E-state index contributed by atoms with van der Waals surface area (Å²) >= 11 is -0.884. The van der Waals surface area contributed by atoms with E-state index in [0.29, 0.717) is 26.0 Å². The number of anilines is 2. The standard InChI is InChI=1S/C24H26IN3O6S2/c1-24(13-3-2-4-14-24)16-27-22(29)21(35-23(27)30)15-17-5-7-18(8-6-17)26-36(33,34)20-11-9-19(10-12-20)28(32)25-31/h5-12,15,26,32H,2-4,13-14,16H2,1H3/b21-15-. The summed E-state index contributed by atoms with van der Waals surface area (Å²) in [5.41, 5.74) is 1.19. The Labute approximate surface area is 224 Å². The van der Waals surface area contributed by atoms with E-state index in [1.54, 1.807) is 30.3 Å². The van der Waals surface area contributed by atoms with Gasteiger partial charge in [0.25, 0.3) is 42.6 Å². The molecule has 2 amide bonds. The minimum Gasteiger partial charge on any atom is -0.280 e. The summed E-state index contributed by atoms with van der Waals surface area (Å²) in [6, 6.07) is 11.8. The van der Waals surface area contributed by atoms with Crippen molar-refractivity contribution in [2.45, 2.75) is 43.9 Å². The summed E-state index contributed by atoms with van der Waals surface area (Å²) in [5.74, 6) is -0.287. The molecule has 0 spiro atoms. The fourth-order valence-electron chi connectivity index (χ4n) is 4.38. The second-order valence-corrected chi connectivity index (χ2v) is 13.2. The number of benzene rings is 2. The first-order chi connectivity index (χ1) is 17.1. The Hall–Kier alpha value is -2.29. The van der Waals surface area contributed by atoms with Crippen molar-refractivity contribution in [1.29, 1.82) is 0 Å². The van der Waals surface area contributed by atoms with Crippen molar-refractivity contribution in [2.75, 3.05) is 14.5 Å². The van der Waals surface area contributed by atoms with Crippen LogP contribution in [0.4, 0.5) is 16.2 Å². The van der Waals surface area contributed by atoms with E-state index < -0.39 is 31.5 Å². The van der Waals surface area contributed by atoms with Crippen LogP contribution >= 0.6 is 33.2 Å². The number of hydrogen-bond acceptors (Lipinski definition) is 7. The molecule has 0 bridgehead atoms. The Balaban J connectivity index is 1.43. The minimum absolute atomic E-state index is 0.0202. The molecule has 192 valence electrons. The van der Waals surface area contributed by atoms with E-state index in [1.165, 1.54) is 35.6 Å². The second kappa shape index (κ2) is 11.0. The van der Waals surface area contributed by atoms with Gasteiger partial charge in [-0.05, 0) is 78.1 Å². The SMILES string of the molecule is CC1(CN2C(=O)S/C(=C\c3ccc(NS(=O)(=O)c4ccc(N(O)I=O)cc4)cc3)C2=O)CCCCC1. The van der Waals surface area contributed by atoms with Crippen molar-refractivity contribution in [3.05, 3.63) is 59.0 Å². The molecule has 2 aliphatic rings. The zero-order valence-electron chi connectivity index (χ0n) is 19.5. The molecule has 0 aromatic heterocycles. The first-order valence-electron chi connectivity index (χ1n) is 11.3. The smallest absolute Gasteiger partial charge is 0.280 e. The molecule has 2 aromatic carbocycles. The van der Waals surface area contributed by atoms with Gasteiger partial charge in [0.2, 0.25) is 0 Å². The third-order valence-electron chi connectivity index (χ3n) is 6.36. The monoisotopic (exact) mass is 643 g/mol. The Morgan fingerprint density at radius 3 is 2.33 bits per heavy atom. The average molecular weight is 644 g/mol. The molecular weight excluding hydrogens is 617 g/mol. The van der Waals surface area contributed by atoms with E-state index in [0.717, 1.165) is 37.4 Å². The molecule has 4 rings (SSSR count). The maximum absolute atomic E-state index is 12.9. The van der Waals surface area contributed by atoms with Crippen molar-refractivity contribution in [2.24, 2.45) is 5.41 Å². The van der Waals surface area contributed by atoms with E-state index in [4.69, 9.17) is 0 Å². The third-order valence-corrected chi connectivity index (χ3v) is 9.59. The Bertz CT molecular complexity index is 1290. The van der Waals surface area contributed by atoms with Crippen LogP contribution in [0.3, 0.4) is 0 Å². The van der Waals surface area contributed by atoms with Crippen LogP contribution in [0.2, 0.25) is 0 Å². The molecule has 2 aromatic rings. The molecule has 12 heteroatoms. The number of amides is 2. The van der Waals surface area contributed by atoms with Crippen LogP contribution in [0.1, 0.15) is 44.6 Å². The van der Waals surface area contributed by atoms with Crippen LogP contribution in [-0.2, 0) is 17.9 Å². The number of nitrogens with zero attached hydrogens (tertiary/aromatic N) is 2. The van der Waals surface area contributed by atoms with Crippen molar-refractivity contribution >= 4 is 71.8 Å². The molecule has 1 aliphatic heterocycles. The highest BCUT2D eigenvalue weighted by atomic mass is 127. The van der Waals surface area contributed by atoms with E-state index in [-0.39, 0.29) is 27.1 Å². The van der Waals surface area contributed by atoms with Gasteiger partial charge in [-0.15, -0.1) is 0 Å². The highest BCUT2D eigenvalue weighted by Crippen LogP contribution is 2.40. The Morgan fingerprint density at radius 1 is 1.08 bits per heavy atom. The molecule has 0 unspecified atom stereocenters. The molecule has 1 saturated heterocycles. The summed E-state index contributed by atoms with van der Waals surface area (Å²) in [5, 5.41) is 9.22. The molecule has 1 aliphatic carbocycles. The highest BCUT2D eigenvalue weighted by Gasteiger charge is 2.40. The summed E-state index contributed by atoms with van der Waals surface area (Å²) in [6.45, 7) is 2.58. The number of rotatable bonds is 8. The number of sulfonamides is 1. The van der Waals surface area contributed by atoms with Gasteiger partial charge in [-0.3, -0.25) is 24.4 Å². The van der Waals surface area contributed by atoms with Gasteiger partial charge in [-0.25, -0.2) is 11.5 Å². The van der Waals surface area contributed by atoms with Gasteiger partial charge in [0.1, 0.15) is 0 Å². The van der Waals surface area contributed by atoms with Gasteiger partial charge in [0.05, 0.1) is 15.5 Å². The first kappa shape index (κ1) is 26.8. The number of imide groups is 1. The molecule has 9 nitrogen and oxygen atoms in total. The number of carbonyl (C=O) groups excluding carboxylic acids is 2. The van der Waals surface area contributed by atoms with Crippen molar-refractivity contribution in [1.82, 2.24) is 4.90 Å². The Kier molecular flexibility index (Phi) is 8.17. The van der Waals surface area contributed by atoms with Gasteiger partial charge in [-0.1, -0.05) is 38.3 Å².